The zero-order chi connectivity index (χ0) is 13.7. The third-order valence-electron chi connectivity index (χ3n) is 3.49. The van der Waals surface area contributed by atoms with Gasteiger partial charge in [-0.05, 0) is 31.1 Å². The highest BCUT2D eigenvalue weighted by Crippen LogP contribution is 2.22. The molecule has 0 aromatic heterocycles. The second-order valence-corrected chi connectivity index (χ2v) is 4.75. The van der Waals surface area contributed by atoms with Gasteiger partial charge in [-0.15, -0.1) is 0 Å². The maximum atomic E-state index is 4.63. The fraction of sp³-hybridized carbons (Fsp3) is 0.353. The van der Waals surface area contributed by atoms with Crippen LogP contribution in [0.4, 0.5) is 0 Å². The Morgan fingerprint density at radius 1 is 1.11 bits per heavy atom. The zero-order valence-corrected chi connectivity index (χ0v) is 12.0. The van der Waals surface area contributed by atoms with E-state index in [0.717, 1.165) is 18.9 Å². The molecule has 1 atom stereocenters. The van der Waals surface area contributed by atoms with Crippen molar-refractivity contribution in [2.75, 3.05) is 13.1 Å². The van der Waals surface area contributed by atoms with E-state index in [1.54, 1.807) is 0 Å². The van der Waals surface area contributed by atoms with Crippen molar-refractivity contribution in [3.05, 3.63) is 54.2 Å². The summed E-state index contributed by atoms with van der Waals surface area (Å²) in [6.07, 6.45) is 6.33. The Bertz CT molecular complexity index is 493. The quantitative estimate of drug-likeness (QED) is 0.796. The van der Waals surface area contributed by atoms with Crippen LogP contribution in [0.3, 0.4) is 0 Å². The van der Waals surface area contributed by atoms with Crippen LogP contribution in [-0.2, 0) is 0 Å². The van der Waals surface area contributed by atoms with Gasteiger partial charge in [-0.25, -0.2) is 4.99 Å². The second-order valence-electron chi connectivity index (χ2n) is 4.75. The lowest BCUT2D eigenvalue weighted by Gasteiger charge is -2.25. The number of amidine groups is 1. The molecule has 0 spiro atoms. The van der Waals surface area contributed by atoms with Gasteiger partial charge in [-0.3, -0.25) is 0 Å². The summed E-state index contributed by atoms with van der Waals surface area (Å²) in [7, 11) is 0. The first kappa shape index (κ1) is 13.6. The van der Waals surface area contributed by atoms with Crippen LogP contribution >= 0.6 is 0 Å². The smallest absolute Gasteiger partial charge is 0.111 e. The summed E-state index contributed by atoms with van der Waals surface area (Å²) in [5, 5.41) is 0. The Balaban J connectivity index is 2.28. The highest BCUT2D eigenvalue weighted by Gasteiger charge is 2.16. The van der Waals surface area contributed by atoms with Crippen molar-refractivity contribution in [3.8, 4) is 0 Å². The van der Waals surface area contributed by atoms with E-state index >= 15 is 0 Å². The normalized spacial score (nSPS) is 18.6. The molecule has 0 saturated heterocycles. The molecule has 0 bridgehead atoms. The van der Waals surface area contributed by atoms with Gasteiger partial charge >= 0.3 is 0 Å². The fourth-order valence-electron chi connectivity index (χ4n) is 2.45. The van der Waals surface area contributed by atoms with Gasteiger partial charge in [0.2, 0.25) is 0 Å². The first-order valence-corrected chi connectivity index (χ1v) is 7.02. The Morgan fingerprint density at radius 3 is 2.42 bits per heavy atom. The minimum atomic E-state index is 0.338. The molecule has 0 amide bonds. The van der Waals surface area contributed by atoms with Crippen LogP contribution in [0.2, 0.25) is 0 Å². The predicted molar refractivity (Wildman–Crippen MR) is 83.1 cm³/mol. The van der Waals surface area contributed by atoms with Crippen molar-refractivity contribution in [1.29, 1.82) is 0 Å². The molecule has 0 N–H and O–H groups in total. The van der Waals surface area contributed by atoms with E-state index in [2.05, 4.69) is 67.1 Å². The summed E-state index contributed by atoms with van der Waals surface area (Å²) in [6.45, 7) is 8.57. The summed E-state index contributed by atoms with van der Waals surface area (Å²) in [4.78, 5) is 6.95. The molecule has 0 aliphatic carbocycles. The maximum absolute atomic E-state index is 4.63. The molecule has 19 heavy (non-hydrogen) atoms. The molecule has 100 valence electrons. The third kappa shape index (κ3) is 3.14. The number of nitrogens with zero attached hydrogens (tertiary/aromatic N) is 2. The Labute approximate surface area is 116 Å². The van der Waals surface area contributed by atoms with E-state index in [4.69, 9.17) is 0 Å². The van der Waals surface area contributed by atoms with Gasteiger partial charge in [0.05, 0.1) is 0 Å². The average molecular weight is 254 g/mol. The summed E-state index contributed by atoms with van der Waals surface area (Å²) < 4.78 is 0. The molecule has 2 heteroatoms. The highest BCUT2D eigenvalue weighted by atomic mass is 15.2. The second kappa shape index (κ2) is 6.37. The predicted octanol–water partition coefficient (Wildman–Crippen LogP) is 3.97. The highest BCUT2D eigenvalue weighted by molar-refractivity contribution is 5.90. The molecule has 1 heterocycles. The first-order chi connectivity index (χ1) is 9.26. The molecule has 1 aliphatic rings. The number of hydrogen-bond acceptors (Lipinski definition) is 2. The lowest BCUT2D eigenvalue weighted by Crippen LogP contribution is -2.34. The molecule has 1 aromatic rings. The van der Waals surface area contributed by atoms with Crippen LogP contribution in [0.15, 0.2) is 53.7 Å². The van der Waals surface area contributed by atoms with Gasteiger partial charge < -0.3 is 4.90 Å². The minimum absolute atomic E-state index is 0.338. The SMILES string of the molecule is CCN(CC)C1=NC=CC(c2ccccc2)=C[C@H]1C. The Kier molecular flexibility index (Phi) is 4.56. The molecule has 2 rings (SSSR count). The number of allylic oxidation sites excluding steroid dienone is 2. The van der Waals surface area contributed by atoms with E-state index in [1.165, 1.54) is 11.1 Å². The molecule has 2 nitrogen and oxygen atoms in total. The van der Waals surface area contributed by atoms with Crippen LogP contribution in [-0.4, -0.2) is 23.8 Å². The van der Waals surface area contributed by atoms with Crippen LogP contribution in [0.1, 0.15) is 26.3 Å². The van der Waals surface area contributed by atoms with Crippen LogP contribution < -0.4 is 0 Å². The van der Waals surface area contributed by atoms with Gasteiger partial charge in [0.25, 0.3) is 0 Å². The van der Waals surface area contributed by atoms with Crippen molar-refractivity contribution in [2.45, 2.75) is 20.8 Å². The van der Waals surface area contributed by atoms with Gasteiger partial charge in [0.15, 0.2) is 0 Å². The van der Waals surface area contributed by atoms with E-state index in [1.807, 2.05) is 12.3 Å². The van der Waals surface area contributed by atoms with Crippen molar-refractivity contribution < 1.29 is 0 Å². The number of rotatable bonds is 3. The molecular formula is C17H22N2. The number of hydrogen-bond donors (Lipinski definition) is 0. The summed E-state index contributed by atoms with van der Waals surface area (Å²) >= 11 is 0. The van der Waals surface area contributed by atoms with Crippen molar-refractivity contribution >= 4 is 11.4 Å². The molecular weight excluding hydrogens is 232 g/mol. The van der Waals surface area contributed by atoms with Crippen LogP contribution in [0.25, 0.3) is 5.57 Å². The average Bonchev–Trinajstić information content (AvgIpc) is 2.64. The lowest BCUT2D eigenvalue weighted by atomic mass is 10.0. The van der Waals surface area contributed by atoms with Gasteiger partial charge in [-0.2, -0.15) is 0 Å². The standard InChI is InChI=1S/C17H22N2/c1-4-19(5-2)17-14(3)13-16(11-12-18-17)15-9-7-6-8-10-15/h6-14H,4-5H2,1-3H3/t14-/m1/s1. The van der Waals surface area contributed by atoms with Gasteiger partial charge in [0.1, 0.15) is 5.84 Å². The number of benzene rings is 1. The molecule has 1 aliphatic heterocycles. The molecule has 1 aromatic carbocycles. The third-order valence-corrected chi connectivity index (χ3v) is 3.49. The van der Waals surface area contributed by atoms with Gasteiger partial charge in [-0.1, -0.05) is 43.3 Å². The van der Waals surface area contributed by atoms with Crippen molar-refractivity contribution in [2.24, 2.45) is 10.9 Å². The summed E-state index contributed by atoms with van der Waals surface area (Å²) in [6, 6.07) is 10.5. The van der Waals surface area contributed by atoms with Gasteiger partial charge in [0, 0.05) is 25.2 Å². The van der Waals surface area contributed by atoms with Crippen molar-refractivity contribution in [3.63, 3.8) is 0 Å². The Morgan fingerprint density at radius 2 is 1.79 bits per heavy atom. The Hall–Kier alpha value is -1.83. The molecule has 0 saturated carbocycles. The largest absolute Gasteiger partial charge is 0.360 e. The number of aliphatic imine (C=N–C) groups is 1. The first-order valence-electron chi connectivity index (χ1n) is 7.02. The molecule has 0 fully saturated rings. The minimum Gasteiger partial charge on any atom is -0.360 e. The van der Waals surface area contributed by atoms with E-state index in [0.29, 0.717) is 5.92 Å². The van der Waals surface area contributed by atoms with E-state index in [-0.39, 0.29) is 0 Å². The fourth-order valence-corrected chi connectivity index (χ4v) is 2.45. The lowest BCUT2D eigenvalue weighted by molar-refractivity contribution is 0.447. The van der Waals surface area contributed by atoms with Crippen LogP contribution in [0.5, 0.6) is 0 Å². The van der Waals surface area contributed by atoms with E-state index < -0.39 is 0 Å². The van der Waals surface area contributed by atoms with E-state index in [9.17, 15) is 0 Å². The molecule has 0 unspecified atom stereocenters. The summed E-state index contributed by atoms with van der Waals surface area (Å²) in [5.74, 6) is 1.50. The maximum Gasteiger partial charge on any atom is 0.111 e. The topological polar surface area (TPSA) is 15.6 Å². The zero-order valence-electron chi connectivity index (χ0n) is 12.0. The van der Waals surface area contributed by atoms with Crippen LogP contribution in [0, 0.1) is 5.92 Å². The molecule has 0 radical (unpaired) electrons. The van der Waals surface area contributed by atoms with Crippen molar-refractivity contribution in [1.82, 2.24) is 4.90 Å². The monoisotopic (exact) mass is 254 g/mol. The summed E-state index contributed by atoms with van der Waals surface area (Å²) in [5.41, 5.74) is 2.50.